The number of halogens is 2. The number of amides is 1. The van der Waals surface area contributed by atoms with Gasteiger partial charge in [0.2, 0.25) is 0 Å². The van der Waals surface area contributed by atoms with Crippen LogP contribution < -0.4 is 5.32 Å². The van der Waals surface area contributed by atoms with Gasteiger partial charge in [0.05, 0.1) is 10.8 Å². The van der Waals surface area contributed by atoms with Crippen molar-refractivity contribution in [3.8, 4) is 0 Å². The molecule has 0 spiro atoms. The molecule has 0 unspecified atom stereocenters. The van der Waals surface area contributed by atoms with E-state index < -0.39 is 21.6 Å². The van der Waals surface area contributed by atoms with E-state index in [1.165, 1.54) is 24.3 Å². The first-order valence-corrected chi connectivity index (χ1v) is 7.78. The van der Waals surface area contributed by atoms with Gasteiger partial charge in [-0.2, -0.15) is 0 Å². The summed E-state index contributed by atoms with van der Waals surface area (Å²) in [4.78, 5) is 11.2. The molecule has 4 nitrogen and oxygen atoms in total. The molecule has 20 heavy (non-hydrogen) atoms. The minimum atomic E-state index is -3.57. The summed E-state index contributed by atoms with van der Waals surface area (Å²) in [5, 5.41) is 2.42. The van der Waals surface area contributed by atoms with Gasteiger partial charge in [0, 0.05) is 12.1 Å². The summed E-state index contributed by atoms with van der Waals surface area (Å²) in [6.07, 6.45) is 3.82. The molecule has 2 rings (SSSR count). The summed E-state index contributed by atoms with van der Waals surface area (Å²) < 4.78 is 37.0. The van der Waals surface area contributed by atoms with E-state index in [0.29, 0.717) is 0 Å². The van der Waals surface area contributed by atoms with Crippen molar-refractivity contribution in [1.29, 1.82) is 0 Å². The van der Waals surface area contributed by atoms with Gasteiger partial charge in [-0.25, -0.2) is 12.8 Å². The van der Waals surface area contributed by atoms with E-state index >= 15 is 0 Å². The minimum Gasteiger partial charge on any atom is -0.350 e. The molecule has 1 aliphatic heterocycles. The van der Waals surface area contributed by atoms with Gasteiger partial charge in [-0.05, 0) is 12.1 Å². The Kier molecular flexibility index (Phi) is 4.25. The summed E-state index contributed by atoms with van der Waals surface area (Å²) in [6.45, 7) is 0.102. The minimum absolute atomic E-state index is 0.0252. The molecule has 0 radical (unpaired) electrons. The van der Waals surface area contributed by atoms with Crippen molar-refractivity contribution >= 4 is 33.4 Å². The van der Waals surface area contributed by atoms with Gasteiger partial charge >= 0.3 is 0 Å². The number of sulfone groups is 1. The van der Waals surface area contributed by atoms with Crippen molar-refractivity contribution in [2.45, 2.75) is 0 Å². The van der Waals surface area contributed by atoms with Gasteiger partial charge in [0.15, 0.2) is 9.84 Å². The summed E-state index contributed by atoms with van der Waals surface area (Å²) in [6, 6.07) is 4.47. The third-order valence-electron chi connectivity index (χ3n) is 2.72. The Morgan fingerprint density at radius 2 is 2.10 bits per heavy atom. The van der Waals surface area contributed by atoms with E-state index in [0.717, 1.165) is 6.08 Å². The zero-order valence-corrected chi connectivity index (χ0v) is 11.8. The van der Waals surface area contributed by atoms with E-state index in [4.69, 9.17) is 11.6 Å². The first-order chi connectivity index (χ1) is 9.42. The van der Waals surface area contributed by atoms with Crippen LogP contribution in [0.3, 0.4) is 0 Å². The summed E-state index contributed by atoms with van der Waals surface area (Å²) >= 11 is 5.63. The maximum atomic E-state index is 13.6. The Morgan fingerprint density at radius 3 is 2.80 bits per heavy atom. The van der Waals surface area contributed by atoms with Gasteiger partial charge in [-0.1, -0.05) is 35.9 Å². The largest absolute Gasteiger partial charge is 0.350 e. The fraction of sp³-hybridized carbons (Fsp3) is 0.154. The first kappa shape index (κ1) is 14.7. The Hall–Kier alpha value is -1.66. The third-order valence-corrected chi connectivity index (χ3v) is 4.75. The molecule has 1 aromatic carbocycles. The third kappa shape index (κ3) is 3.08. The van der Waals surface area contributed by atoms with Gasteiger partial charge in [-0.3, -0.25) is 4.79 Å². The highest BCUT2D eigenvalue weighted by molar-refractivity contribution is 7.96. The fourth-order valence-corrected chi connectivity index (χ4v) is 3.12. The van der Waals surface area contributed by atoms with Crippen LogP contribution in [0.15, 0.2) is 35.3 Å². The average Bonchev–Trinajstić information content (AvgIpc) is 2.37. The van der Waals surface area contributed by atoms with Crippen LogP contribution in [0.25, 0.3) is 6.08 Å². The van der Waals surface area contributed by atoms with Crippen LogP contribution >= 0.6 is 11.6 Å². The quantitative estimate of drug-likeness (QED) is 0.848. The molecule has 0 aromatic heterocycles. The Balaban J connectivity index is 2.30. The molecule has 1 saturated heterocycles. The lowest BCUT2D eigenvalue weighted by Gasteiger charge is -2.14. The molecule has 1 N–H and O–H groups in total. The SMILES string of the molecule is O=C1NCCS(=O)(=O)/C1=C/C=C/c1cccc(Cl)c1F. The van der Waals surface area contributed by atoms with Crippen LogP contribution in [0, 0.1) is 5.82 Å². The highest BCUT2D eigenvalue weighted by atomic mass is 35.5. The van der Waals surface area contributed by atoms with Crippen LogP contribution in [0.5, 0.6) is 0 Å². The van der Waals surface area contributed by atoms with E-state index in [-0.39, 0.29) is 27.8 Å². The number of allylic oxidation sites excluding steroid dienone is 2. The van der Waals surface area contributed by atoms with Gasteiger partial charge in [0.1, 0.15) is 10.7 Å². The number of nitrogens with one attached hydrogen (secondary N) is 1. The van der Waals surface area contributed by atoms with Gasteiger partial charge in [0.25, 0.3) is 5.91 Å². The maximum absolute atomic E-state index is 13.6. The van der Waals surface area contributed by atoms with E-state index in [1.807, 2.05) is 0 Å². The zero-order chi connectivity index (χ0) is 14.8. The van der Waals surface area contributed by atoms with Crippen molar-refractivity contribution in [3.05, 3.63) is 51.7 Å². The van der Waals surface area contributed by atoms with Crippen molar-refractivity contribution in [1.82, 2.24) is 5.32 Å². The molecule has 0 bridgehead atoms. The van der Waals surface area contributed by atoms with Crippen molar-refractivity contribution in [2.24, 2.45) is 0 Å². The van der Waals surface area contributed by atoms with Crippen molar-refractivity contribution in [2.75, 3.05) is 12.3 Å². The van der Waals surface area contributed by atoms with Crippen LogP contribution in [0.4, 0.5) is 4.39 Å². The van der Waals surface area contributed by atoms with Crippen molar-refractivity contribution < 1.29 is 17.6 Å². The number of hydrogen-bond acceptors (Lipinski definition) is 3. The highest BCUT2D eigenvalue weighted by Gasteiger charge is 2.28. The molecule has 1 heterocycles. The topological polar surface area (TPSA) is 63.2 Å². The van der Waals surface area contributed by atoms with Crippen LogP contribution in [-0.2, 0) is 14.6 Å². The molecule has 1 aromatic rings. The molecule has 0 aliphatic carbocycles. The van der Waals surface area contributed by atoms with Crippen LogP contribution in [0.1, 0.15) is 5.56 Å². The molecular weight excluding hydrogens is 305 g/mol. The number of hydrogen-bond donors (Lipinski definition) is 1. The van der Waals surface area contributed by atoms with Crippen LogP contribution in [0.2, 0.25) is 5.02 Å². The zero-order valence-electron chi connectivity index (χ0n) is 10.3. The predicted octanol–water partition coefficient (Wildman–Crippen LogP) is 1.92. The lowest BCUT2D eigenvalue weighted by Crippen LogP contribution is -2.39. The monoisotopic (exact) mass is 315 g/mol. The summed E-state index contributed by atoms with van der Waals surface area (Å²) in [5.74, 6) is -1.38. The van der Waals surface area contributed by atoms with Crippen LogP contribution in [-0.4, -0.2) is 26.6 Å². The van der Waals surface area contributed by atoms with Crippen molar-refractivity contribution in [3.63, 3.8) is 0 Å². The highest BCUT2D eigenvalue weighted by Crippen LogP contribution is 2.19. The molecule has 106 valence electrons. The summed E-state index contributed by atoms with van der Waals surface area (Å²) in [5.41, 5.74) is 0.211. The first-order valence-electron chi connectivity index (χ1n) is 5.75. The van der Waals surface area contributed by atoms with Gasteiger partial charge in [-0.15, -0.1) is 0 Å². The standard InChI is InChI=1S/C13H11ClFNO3S/c14-10-5-1-3-9(12(10)15)4-2-6-11-13(17)16-7-8-20(11,18)19/h1-6H,7-8H2,(H,16,17)/b4-2+,11-6+. The number of benzene rings is 1. The summed E-state index contributed by atoms with van der Waals surface area (Å²) in [7, 11) is -3.57. The van der Waals surface area contributed by atoms with E-state index in [1.54, 1.807) is 6.07 Å². The second-order valence-corrected chi connectivity index (χ2v) is 6.59. The Labute approximate surface area is 120 Å². The second-order valence-electron chi connectivity index (χ2n) is 4.11. The molecule has 0 saturated carbocycles. The lowest BCUT2D eigenvalue weighted by molar-refractivity contribution is -0.116. The molecule has 1 aliphatic rings. The lowest BCUT2D eigenvalue weighted by atomic mass is 10.2. The predicted molar refractivity (Wildman–Crippen MR) is 75.3 cm³/mol. The van der Waals surface area contributed by atoms with E-state index in [9.17, 15) is 17.6 Å². The number of carbonyl (C=O) groups excluding carboxylic acids is 1. The van der Waals surface area contributed by atoms with E-state index in [2.05, 4.69) is 5.32 Å². The Morgan fingerprint density at radius 1 is 1.35 bits per heavy atom. The smallest absolute Gasteiger partial charge is 0.262 e. The second kappa shape index (κ2) is 5.76. The maximum Gasteiger partial charge on any atom is 0.262 e. The average molecular weight is 316 g/mol. The van der Waals surface area contributed by atoms with Gasteiger partial charge < -0.3 is 5.32 Å². The Bertz CT molecular complexity index is 710. The number of carbonyl (C=O) groups is 1. The molecule has 1 fully saturated rings. The molecule has 0 atom stereocenters. The molecule has 1 amide bonds. The normalized spacial score (nSPS) is 20.3. The fourth-order valence-electron chi connectivity index (χ4n) is 1.70. The molecular formula is C13H11ClFNO3S. The number of rotatable bonds is 2. The molecule has 7 heteroatoms.